The molecular weight excluding hydrogens is 300 g/mol. The Morgan fingerprint density at radius 3 is 2.58 bits per heavy atom. The zero-order valence-electron chi connectivity index (χ0n) is 15.3. The SMILES string of the molecule is COC(=O)c1ccc2nc(C3CCCCC3)c(CC(C)(C)C)n2c1. The molecule has 0 saturated heterocycles. The molecule has 2 aromatic rings. The van der Waals surface area contributed by atoms with Gasteiger partial charge in [0, 0.05) is 17.8 Å². The molecule has 4 heteroatoms. The minimum atomic E-state index is -0.300. The first-order chi connectivity index (χ1) is 11.4. The summed E-state index contributed by atoms with van der Waals surface area (Å²) in [5, 5.41) is 0. The molecule has 0 atom stereocenters. The summed E-state index contributed by atoms with van der Waals surface area (Å²) in [7, 11) is 1.42. The number of hydrogen-bond donors (Lipinski definition) is 0. The van der Waals surface area contributed by atoms with Crippen molar-refractivity contribution in [2.24, 2.45) is 5.41 Å². The first kappa shape index (κ1) is 17.0. The molecule has 0 N–H and O–H groups in total. The maximum absolute atomic E-state index is 11.9. The largest absolute Gasteiger partial charge is 0.465 e. The van der Waals surface area contributed by atoms with Crippen molar-refractivity contribution < 1.29 is 9.53 Å². The summed E-state index contributed by atoms with van der Waals surface area (Å²) < 4.78 is 6.99. The second kappa shape index (κ2) is 6.58. The van der Waals surface area contributed by atoms with E-state index in [1.54, 1.807) is 6.07 Å². The molecule has 1 aliphatic carbocycles. The zero-order chi connectivity index (χ0) is 17.3. The molecular formula is C20H28N2O2. The molecule has 24 heavy (non-hydrogen) atoms. The second-order valence-corrected chi connectivity index (χ2v) is 8.15. The monoisotopic (exact) mass is 328 g/mol. The van der Waals surface area contributed by atoms with Crippen molar-refractivity contribution in [2.75, 3.05) is 7.11 Å². The Morgan fingerprint density at radius 2 is 1.96 bits per heavy atom. The maximum atomic E-state index is 11.9. The van der Waals surface area contributed by atoms with Gasteiger partial charge < -0.3 is 9.14 Å². The highest BCUT2D eigenvalue weighted by Gasteiger charge is 2.26. The van der Waals surface area contributed by atoms with Gasteiger partial charge in [0.15, 0.2) is 0 Å². The molecule has 1 aliphatic rings. The summed E-state index contributed by atoms with van der Waals surface area (Å²) in [5.74, 6) is 0.254. The fourth-order valence-corrected chi connectivity index (χ4v) is 3.73. The Labute approximate surface area is 144 Å². The fraction of sp³-hybridized carbons (Fsp3) is 0.600. The number of carbonyl (C=O) groups is 1. The molecule has 0 amide bonds. The topological polar surface area (TPSA) is 43.6 Å². The van der Waals surface area contributed by atoms with Crippen LogP contribution in [0.15, 0.2) is 18.3 Å². The average molecular weight is 328 g/mol. The van der Waals surface area contributed by atoms with E-state index in [2.05, 4.69) is 25.2 Å². The fourth-order valence-electron chi connectivity index (χ4n) is 3.73. The summed E-state index contributed by atoms with van der Waals surface area (Å²) >= 11 is 0. The number of hydrogen-bond acceptors (Lipinski definition) is 3. The zero-order valence-corrected chi connectivity index (χ0v) is 15.3. The molecule has 130 valence electrons. The second-order valence-electron chi connectivity index (χ2n) is 8.15. The van der Waals surface area contributed by atoms with Crippen LogP contribution in [0.2, 0.25) is 0 Å². The highest BCUT2D eigenvalue weighted by molar-refractivity contribution is 5.89. The van der Waals surface area contributed by atoms with Crippen molar-refractivity contribution in [2.45, 2.75) is 65.2 Å². The van der Waals surface area contributed by atoms with Gasteiger partial charge in [0.05, 0.1) is 18.4 Å². The van der Waals surface area contributed by atoms with Crippen LogP contribution in [0.25, 0.3) is 5.65 Å². The summed E-state index contributed by atoms with van der Waals surface area (Å²) in [6.07, 6.45) is 9.22. The first-order valence-electron chi connectivity index (χ1n) is 8.98. The van der Waals surface area contributed by atoms with Gasteiger partial charge in [-0.25, -0.2) is 9.78 Å². The Morgan fingerprint density at radius 1 is 1.25 bits per heavy atom. The van der Waals surface area contributed by atoms with Gasteiger partial charge in [-0.3, -0.25) is 0 Å². The van der Waals surface area contributed by atoms with E-state index in [1.165, 1.54) is 50.6 Å². The average Bonchev–Trinajstić information content (AvgIpc) is 2.91. The molecule has 1 saturated carbocycles. The Hall–Kier alpha value is -1.84. The molecule has 0 radical (unpaired) electrons. The van der Waals surface area contributed by atoms with Crippen molar-refractivity contribution in [1.29, 1.82) is 0 Å². The van der Waals surface area contributed by atoms with Gasteiger partial charge in [-0.2, -0.15) is 0 Å². The molecule has 0 unspecified atom stereocenters. The van der Waals surface area contributed by atoms with Gasteiger partial charge in [0.25, 0.3) is 0 Å². The van der Waals surface area contributed by atoms with E-state index in [1.807, 2.05) is 12.3 Å². The number of nitrogens with zero attached hydrogens (tertiary/aromatic N) is 2. The predicted octanol–water partition coefficient (Wildman–Crippen LogP) is 4.76. The summed E-state index contributed by atoms with van der Waals surface area (Å²) in [6, 6.07) is 3.74. The predicted molar refractivity (Wildman–Crippen MR) is 95.5 cm³/mol. The van der Waals surface area contributed by atoms with Gasteiger partial charge in [-0.15, -0.1) is 0 Å². The van der Waals surface area contributed by atoms with E-state index in [-0.39, 0.29) is 11.4 Å². The van der Waals surface area contributed by atoms with Crippen LogP contribution in [0.4, 0.5) is 0 Å². The standard InChI is InChI=1S/C20H28N2O2/c1-20(2,3)12-16-18(14-8-6-5-7-9-14)21-17-11-10-15(13-22(16)17)19(23)24-4/h10-11,13-14H,5-9,12H2,1-4H3. The number of rotatable bonds is 3. The number of carbonyl (C=O) groups excluding carboxylic acids is 1. The number of esters is 1. The number of pyridine rings is 1. The van der Waals surface area contributed by atoms with Crippen molar-refractivity contribution in [1.82, 2.24) is 9.38 Å². The third kappa shape index (κ3) is 3.47. The van der Waals surface area contributed by atoms with Crippen molar-refractivity contribution in [3.8, 4) is 0 Å². The quantitative estimate of drug-likeness (QED) is 0.763. The molecule has 3 rings (SSSR count). The van der Waals surface area contributed by atoms with Crippen LogP contribution in [0.5, 0.6) is 0 Å². The van der Waals surface area contributed by atoms with Crippen LogP contribution in [0.1, 0.15) is 80.5 Å². The molecule has 0 spiro atoms. The normalized spacial score (nSPS) is 16.5. The van der Waals surface area contributed by atoms with Gasteiger partial charge in [-0.1, -0.05) is 40.0 Å². The summed E-state index contributed by atoms with van der Waals surface area (Å²) in [4.78, 5) is 16.9. The van der Waals surface area contributed by atoms with Crippen LogP contribution in [0, 0.1) is 5.41 Å². The van der Waals surface area contributed by atoms with E-state index >= 15 is 0 Å². The van der Waals surface area contributed by atoms with E-state index in [4.69, 9.17) is 9.72 Å². The summed E-state index contributed by atoms with van der Waals surface area (Å²) in [6.45, 7) is 6.75. The van der Waals surface area contributed by atoms with Crippen LogP contribution in [-0.4, -0.2) is 22.5 Å². The van der Waals surface area contributed by atoms with Crippen molar-refractivity contribution in [3.05, 3.63) is 35.3 Å². The smallest absolute Gasteiger partial charge is 0.339 e. The Bertz CT molecular complexity index is 734. The molecule has 2 heterocycles. The van der Waals surface area contributed by atoms with E-state index < -0.39 is 0 Å². The first-order valence-corrected chi connectivity index (χ1v) is 8.98. The molecule has 0 bridgehead atoms. The van der Waals surface area contributed by atoms with Gasteiger partial charge in [0.1, 0.15) is 5.65 Å². The third-order valence-electron chi connectivity index (χ3n) is 4.86. The van der Waals surface area contributed by atoms with Crippen LogP contribution in [0.3, 0.4) is 0 Å². The number of ether oxygens (including phenoxy) is 1. The lowest BCUT2D eigenvalue weighted by Crippen LogP contribution is -2.15. The van der Waals surface area contributed by atoms with Gasteiger partial charge in [0.2, 0.25) is 0 Å². The lowest BCUT2D eigenvalue weighted by Gasteiger charge is -2.24. The highest BCUT2D eigenvalue weighted by Crippen LogP contribution is 2.36. The van der Waals surface area contributed by atoms with E-state index in [0.29, 0.717) is 11.5 Å². The van der Waals surface area contributed by atoms with Crippen LogP contribution in [-0.2, 0) is 11.2 Å². The van der Waals surface area contributed by atoms with E-state index in [0.717, 1.165) is 12.1 Å². The number of aromatic nitrogens is 2. The highest BCUT2D eigenvalue weighted by atomic mass is 16.5. The lowest BCUT2D eigenvalue weighted by atomic mass is 9.83. The molecule has 1 fully saturated rings. The number of imidazole rings is 1. The molecule has 2 aromatic heterocycles. The minimum Gasteiger partial charge on any atom is -0.465 e. The Balaban J connectivity index is 2.11. The van der Waals surface area contributed by atoms with Gasteiger partial charge >= 0.3 is 5.97 Å². The number of methoxy groups -OCH3 is 1. The van der Waals surface area contributed by atoms with E-state index in [9.17, 15) is 4.79 Å². The van der Waals surface area contributed by atoms with Crippen LogP contribution < -0.4 is 0 Å². The molecule has 0 aromatic carbocycles. The lowest BCUT2D eigenvalue weighted by molar-refractivity contribution is 0.0600. The number of fused-ring (bicyclic) bond motifs is 1. The van der Waals surface area contributed by atoms with Crippen LogP contribution >= 0.6 is 0 Å². The molecule has 0 aliphatic heterocycles. The van der Waals surface area contributed by atoms with Crippen molar-refractivity contribution in [3.63, 3.8) is 0 Å². The minimum absolute atomic E-state index is 0.167. The Kier molecular flexibility index (Phi) is 4.66. The molecule has 4 nitrogen and oxygen atoms in total. The summed E-state index contributed by atoms with van der Waals surface area (Å²) in [5.41, 5.74) is 4.18. The van der Waals surface area contributed by atoms with Gasteiger partial charge in [-0.05, 0) is 36.8 Å². The van der Waals surface area contributed by atoms with Crippen molar-refractivity contribution >= 4 is 11.6 Å². The maximum Gasteiger partial charge on any atom is 0.339 e. The third-order valence-corrected chi connectivity index (χ3v) is 4.86.